The van der Waals surface area contributed by atoms with Gasteiger partial charge in [0.2, 0.25) is 10.0 Å². The van der Waals surface area contributed by atoms with Gasteiger partial charge in [-0.2, -0.15) is 0 Å². The molecule has 0 bridgehead atoms. The number of ketones is 1. The number of thiophene rings is 1. The molecule has 1 aromatic carbocycles. The molecule has 7 nitrogen and oxygen atoms in total. The van der Waals surface area contributed by atoms with Crippen LogP contribution in [0.5, 0.6) is 0 Å². The van der Waals surface area contributed by atoms with Gasteiger partial charge in [0.1, 0.15) is 0 Å². The average Bonchev–Trinajstić information content (AvgIpc) is 3.23. The number of carbonyl (C=O) groups excluding carboxylic acids is 2. The summed E-state index contributed by atoms with van der Waals surface area (Å²) in [7, 11) is -3.61. The summed E-state index contributed by atoms with van der Waals surface area (Å²) in [5.74, 6) is -0.0435. The van der Waals surface area contributed by atoms with Gasteiger partial charge in [-0.1, -0.05) is 18.2 Å². The fourth-order valence-corrected chi connectivity index (χ4v) is 4.73. The maximum absolute atomic E-state index is 12.4. The molecule has 1 fully saturated rings. The number of Topliss-reactive ketones (excluding diaryl/α,β-unsaturated/α-hetero) is 1. The third-order valence-electron chi connectivity index (χ3n) is 4.68. The van der Waals surface area contributed by atoms with Crippen molar-refractivity contribution in [1.29, 1.82) is 0 Å². The van der Waals surface area contributed by atoms with E-state index in [1.165, 1.54) is 42.5 Å². The van der Waals surface area contributed by atoms with Gasteiger partial charge in [-0.15, -0.1) is 11.3 Å². The van der Waals surface area contributed by atoms with Crippen molar-refractivity contribution in [3.05, 3.63) is 52.2 Å². The van der Waals surface area contributed by atoms with Gasteiger partial charge >= 0.3 is 0 Å². The number of nitrogens with one attached hydrogen (secondary N) is 1. The van der Waals surface area contributed by atoms with Crippen LogP contribution in [0.4, 0.5) is 0 Å². The van der Waals surface area contributed by atoms with Crippen LogP contribution in [0.2, 0.25) is 0 Å². The predicted octanol–water partition coefficient (Wildman–Crippen LogP) is 1.69. The van der Waals surface area contributed by atoms with Crippen LogP contribution in [0.25, 0.3) is 0 Å². The third kappa shape index (κ3) is 5.05. The van der Waals surface area contributed by atoms with E-state index in [9.17, 15) is 18.0 Å². The number of hydrogen-bond acceptors (Lipinski definition) is 6. The Bertz CT molecular complexity index is 917. The van der Waals surface area contributed by atoms with E-state index in [1.54, 1.807) is 0 Å². The van der Waals surface area contributed by atoms with Crippen LogP contribution in [-0.2, 0) is 10.0 Å². The fourth-order valence-electron chi connectivity index (χ4n) is 3.02. The second-order valence-electron chi connectivity index (χ2n) is 6.59. The van der Waals surface area contributed by atoms with Gasteiger partial charge in [-0.3, -0.25) is 14.5 Å². The van der Waals surface area contributed by atoms with Gasteiger partial charge in [0.25, 0.3) is 5.91 Å². The second kappa shape index (κ2) is 8.95. The van der Waals surface area contributed by atoms with Crippen LogP contribution in [-0.4, -0.2) is 69.2 Å². The normalized spacial score (nSPS) is 15.5. The Kier molecular flexibility index (Phi) is 6.61. The summed E-state index contributed by atoms with van der Waals surface area (Å²) in [5.41, 5.74) is 0.480. The number of sulfonamides is 1. The molecule has 150 valence electrons. The largest absolute Gasteiger partial charge is 0.335 e. The SMILES string of the molecule is CC(=O)c1ccc(S(=O)(=O)NCCN2CCN(C(=O)c3cccs3)CC2)cc1. The third-order valence-corrected chi connectivity index (χ3v) is 7.02. The summed E-state index contributed by atoms with van der Waals surface area (Å²) in [6, 6.07) is 9.61. The summed E-state index contributed by atoms with van der Waals surface area (Å²) in [6.45, 7) is 5.00. The molecule has 0 spiro atoms. The molecule has 1 saturated heterocycles. The molecule has 2 aromatic rings. The van der Waals surface area contributed by atoms with Crippen molar-refractivity contribution in [3.8, 4) is 0 Å². The maximum Gasteiger partial charge on any atom is 0.264 e. The highest BCUT2D eigenvalue weighted by Gasteiger charge is 2.23. The molecule has 0 aliphatic carbocycles. The highest BCUT2D eigenvalue weighted by Crippen LogP contribution is 2.14. The van der Waals surface area contributed by atoms with Gasteiger partial charge in [0.15, 0.2) is 5.78 Å². The zero-order valence-electron chi connectivity index (χ0n) is 15.6. The second-order valence-corrected chi connectivity index (χ2v) is 9.30. The van der Waals surface area contributed by atoms with Gasteiger partial charge in [-0.05, 0) is 30.5 Å². The maximum atomic E-state index is 12.4. The minimum absolute atomic E-state index is 0.0596. The highest BCUT2D eigenvalue weighted by atomic mass is 32.2. The zero-order chi connectivity index (χ0) is 20.1. The van der Waals surface area contributed by atoms with Gasteiger partial charge in [0.05, 0.1) is 9.77 Å². The van der Waals surface area contributed by atoms with E-state index in [0.29, 0.717) is 38.3 Å². The molecule has 2 heterocycles. The van der Waals surface area contributed by atoms with Crippen LogP contribution in [0.3, 0.4) is 0 Å². The average molecular weight is 422 g/mol. The Hall–Kier alpha value is -2.07. The lowest BCUT2D eigenvalue weighted by molar-refractivity contribution is 0.0645. The van der Waals surface area contributed by atoms with Crippen molar-refractivity contribution in [3.63, 3.8) is 0 Å². The lowest BCUT2D eigenvalue weighted by Gasteiger charge is -2.34. The topological polar surface area (TPSA) is 86.8 Å². The van der Waals surface area contributed by atoms with E-state index in [-0.39, 0.29) is 23.1 Å². The lowest BCUT2D eigenvalue weighted by atomic mass is 10.2. The van der Waals surface area contributed by atoms with Crippen molar-refractivity contribution in [2.75, 3.05) is 39.3 Å². The van der Waals surface area contributed by atoms with Gasteiger partial charge < -0.3 is 4.90 Å². The minimum Gasteiger partial charge on any atom is -0.335 e. The first-order valence-corrected chi connectivity index (χ1v) is 11.4. The number of carbonyl (C=O) groups is 2. The van der Waals surface area contributed by atoms with E-state index in [4.69, 9.17) is 0 Å². The summed E-state index contributed by atoms with van der Waals surface area (Å²) in [4.78, 5) is 28.5. The number of amides is 1. The fraction of sp³-hybridized carbons (Fsp3) is 0.368. The van der Waals surface area contributed by atoms with Crippen LogP contribution in [0.1, 0.15) is 27.0 Å². The van der Waals surface area contributed by atoms with E-state index < -0.39 is 10.0 Å². The first-order chi connectivity index (χ1) is 13.4. The molecule has 0 unspecified atom stereocenters. The predicted molar refractivity (Wildman–Crippen MR) is 108 cm³/mol. The van der Waals surface area contributed by atoms with Gasteiger partial charge in [-0.25, -0.2) is 13.1 Å². The highest BCUT2D eigenvalue weighted by molar-refractivity contribution is 7.89. The number of piperazine rings is 1. The van der Waals surface area contributed by atoms with E-state index >= 15 is 0 Å². The first kappa shape index (κ1) is 20.7. The summed E-state index contributed by atoms with van der Waals surface area (Å²) >= 11 is 1.44. The molecule has 1 amide bonds. The molecule has 0 radical (unpaired) electrons. The standard InChI is InChI=1S/C19H23N3O4S2/c1-15(23)16-4-6-17(7-5-16)28(25,26)20-8-9-21-10-12-22(13-11-21)19(24)18-3-2-14-27-18/h2-7,14,20H,8-13H2,1H3. The molecular formula is C19H23N3O4S2. The molecule has 1 N–H and O–H groups in total. The van der Waals surface area contributed by atoms with Crippen molar-refractivity contribution >= 4 is 33.1 Å². The molecular weight excluding hydrogens is 398 g/mol. The Balaban J connectivity index is 1.45. The van der Waals surface area contributed by atoms with Gasteiger partial charge in [0, 0.05) is 44.8 Å². The van der Waals surface area contributed by atoms with Crippen molar-refractivity contribution in [2.45, 2.75) is 11.8 Å². The molecule has 1 aliphatic heterocycles. The first-order valence-electron chi connectivity index (χ1n) is 9.02. The Morgan fingerprint density at radius 1 is 1.07 bits per heavy atom. The van der Waals surface area contributed by atoms with Crippen molar-refractivity contribution < 1.29 is 18.0 Å². The zero-order valence-corrected chi connectivity index (χ0v) is 17.3. The monoisotopic (exact) mass is 421 g/mol. The lowest BCUT2D eigenvalue weighted by Crippen LogP contribution is -2.50. The summed E-state index contributed by atoms with van der Waals surface area (Å²) in [5, 5.41) is 1.89. The number of hydrogen-bond donors (Lipinski definition) is 1. The Labute approximate surface area is 169 Å². The number of rotatable bonds is 7. The molecule has 9 heteroatoms. The molecule has 1 aliphatic rings. The summed E-state index contributed by atoms with van der Waals surface area (Å²) < 4.78 is 27.3. The number of benzene rings is 1. The molecule has 0 saturated carbocycles. The van der Waals surface area contributed by atoms with Crippen LogP contribution in [0.15, 0.2) is 46.7 Å². The van der Waals surface area contributed by atoms with E-state index in [0.717, 1.165) is 4.88 Å². The Morgan fingerprint density at radius 3 is 2.32 bits per heavy atom. The molecule has 3 rings (SSSR count). The van der Waals surface area contributed by atoms with Crippen LogP contribution >= 0.6 is 11.3 Å². The van der Waals surface area contributed by atoms with Crippen molar-refractivity contribution in [1.82, 2.24) is 14.5 Å². The Morgan fingerprint density at radius 2 is 1.75 bits per heavy atom. The quantitative estimate of drug-likeness (QED) is 0.688. The molecule has 1 aromatic heterocycles. The smallest absolute Gasteiger partial charge is 0.264 e. The van der Waals surface area contributed by atoms with E-state index in [1.807, 2.05) is 22.4 Å². The molecule has 28 heavy (non-hydrogen) atoms. The van der Waals surface area contributed by atoms with E-state index in [2.05, 4.69) is 9.62 Å². The van der Waals surface area contributed by atoms with Crippen LogP contribution < -0.4 is 4.72 Å². The van der Waals surface area contributed by atoms with Crippen LogP contribution in [0, 0.1) is 0 Å². The summed E-state index contributed by atoms with van der Waals surface area (Å²) in [6.07, 6.45) is 0. The molecule has 0 atom stereocenters. The minimum atomic E-state index is -3.61. The van der Waals surface area contributed by atoms with Crippen molar-refractivity contribution in [2.24, 2.45) is 0 Å². The number of nitrogens with zero attached hydrogens (tertiary/aromatic N) is 2.